The van der Waals surface area contributed by atoms with Gasteiger partial charge < -0.3 is 5.11 Å². The zero-order valence-corrected chi connectivity index (χ0v) is 10.8. The topological polar surface area (TPSA) is 20.2 Å². The molecule has 0 saturated carbocycles. The van der Waals surface area contributed by atoms with E-state index < -0.39 is 6.10 Å². The Labute approximate surface area is 111 Å². The molecule has 0 spiro atoms. The van der Waals surface area contributed by atoms with Gasteiger partial charge in [-0.2, -0.15) is 0 Å². The Morgan fingerprint density at radius 2 is 1.65 bits per heavy atom. The van der Waals surface area contributed by atoms with Crippen LogP contribution >= 0.6 is 23.2 Å². The van der Waals surface area contributed by atoms with Gasteiger partial charge in [0, 0.05) is 15.6 Å². The molecule has 0 aliphatic rings. The first-order valence-electron chi connectivity index (χ1n) is 5.27. The lowest BCUT2D eigenvalue weighted by Gasteiger charge is -2.13. The van der Waals surface area contributed by atoms with Gasteiger partial charge in [-0.15, -0.1) is 0 Å². The molecule has 0 fully saturated rings. The normalized spacial score (nSPS) is 12.5. The van der Waals surface area contributed by atoms with Crippen LogP contribution in [-0.4, -0.2) is 5.11 Å². The zero-order chi connectivity index (χ0) is 12.4. The Morgan fingerprint density at radius 1 is 1.00 bits per heavy atom. The van der Waals surface area contributed by atoms with E-state index in [2.05, 4.69) is 0 Å². The molecule has 0 saturated heterocycles. The lowest BCUT2D eigenvalue weighted by molar-refractivity contribution is 0.220. The quantitative estimate of drug-likeness (QED) is 0.855. The molecule has 2 aromatic rings. The van der Waals surface area contributed by atoms with Gasteiger partial charge >= 0.3 is 0 Å². The fraction of sp³-hybridized carbons (Fsp3) is 0.143. The highest BCUT2D eigenvalue weighted by molar-refractivity contribution is 6.35. The van der Waals surface area contributed by atoms with Crippen molar-refractivity contribution in [1.29, 1.82) is 0 Å². The fourth-order valence-corrected chi connectivity index (χ4v) is 2.16. The highest BCUT2D eigenvalue weighted by Crippen LogP contribution is 2.30. The summed E-state index contributed by atoms with van der Waals surface area (Å²) in [6, 6.07) is 12.8. The van der Waals surface area contributed by atoms with Crippen molar-refractivity contribution in [2.24, 2.45) is 0 Å². The largest absolute Gasteiger partial charge is 0.384 e. The molecule has 0 aromatic heterocycles. The van der Waals surface area contributed by atoms with Crippen molar-refractivity contribution in [3.05, 3.63) is 69.2 Å². The second-order valence-electron chi connectivity index (χ2n) is 3.98. The summed E-state index contributed by atoms with van der Waals surface area (Å²) < 4.78 is 0. The van der Waals surface area contributed by atoms with E-state index in [0.717, 1.165) is 11.1 Å². The van der Waals surface area contributed by atoms with Crippen LogP contribution in [0.25, 0.3) is 0 Å². The fourth-order valence-electron chi connectivity index (χ4n) is 1.65. The number of rotatable bonds is 2. The second kappa shape index (κ2) is 5.09. The van der Waals surface area contributed by atoms with E-state index in [4.69, 9.17) is 23.2 Å². The summed E-state index contributed by atoms with van der Waals surface area (Å²) in [7, 11) is 0. The minimum atomic E-state index is -0.722. The van der Waals surface area contributed by atoms with E-state index in [-0.39, 0.29) is 0 Å². The van der Waals surface area contributed by atoms with Crippen molar-refractivity contribution in [2.75, 3.05) is 0 Å². The van der Waals surface area contributed by atoms with E-state index in [9.17, 15) is 5.11 Å². The van der Waals surface area contributed by atoms with Gasteiger partial charge in [0.25, 0.3) is 0 Å². The summed E-state index contributed by atoms with van der Waals surface area (Å²) in [5, 5.41) is 11.3. The monoisotopic (exact) mass is 266 g/mol. The van der Waals surface area contributed by atoms with Crippen LogP contribution in [0.4, 0.5) is 0 Å². The summed E-state index contributed by atoms with van der Waals surface area (Å²) in [6.07, 6.45) is -0.722. The van der Waals surface area contributed by atoms with Crippen LogP contribution < -0.4 is 0 Å². The molecule has 1 nitrogen and oxygen atoms in total. The Kier molecular flexibility index (Phi) is 3.72. The van der Waals surface area contributed by atoms with E-state index in [0.29, 0.717) is 15.6 Å². The molecule has 3 heteroatoms. The van der Waals surface area contributed by atoms with Gasteiger partial charge in [-0.05, 0) is 24.6 Å². The molecule has 0 heterocycles. The highest BCUT2D eigenvalue weighted by Gasteiger charge is 2.13. The van der Waals surface area contributed by atoms with Gasteiger partial charge in [-0.3, -0.25) is 0 Å². The van der Waals surface area contributed by atoms with Crippen LogP contribution in [0.2, 0.25) is 10.0 Å². The van der Waals surface area contributed by atoms with E-state index in [1.165, 1.54) is 0 Å². The van der Waals surface area contributed by atoms with E-state index in [1.54, 1.807) is 18.2 Å². The number of benzene rings is 2. The standard InChI is InChI=1S/C14H12Cl2O/c1-9-2-4-10(5-3-9)14(17)12-7-6-11(15)8-13(12)16/h2-8,14,17H,1H3. The minimum absolute atomic E-state index is 0.477. The lowest BCUT2D eigenvalue weighted by atomic mass is 10.0. The minimum Gasteiger partial charge on any atom is -0.384 e. The number of aliphatic hydroxyl groups is 1. The summed E-state index contributed by atoms with van der Waals surface area (Å²) in [4.78, 5) is 0. The molecule has 1 atom stereocenters. The van der Waals surface area contributed by atoms with Crippen LogP contribution in [0, 0.1) is 6.92 Å². The molecule has 2 rings (SSSR count). The lowest BCUT2D eigenvalue weighted by Crippen LogP contribution is -2.00. The molecule has 0 radical (unpaired) electrons. The SMILES string of the molecule is Cc1ccc(C(O)c2ccc(Cl)cc2Cl)cc1. The maximum absolute atomic E-state index is 10.2. The smallest absolute Gasteiger partial charge is 0.105 e. The van der Waals surface area contributed by atoms with Crippen LogP contribution in [0.1, 0.15) is 22.8 Å². The second-order valence-corrected chi connectivity index (χ2v) is 4.82. The van der Waals surface area contributed by atoms with Crippen LogP contribution in [0.15, 0.2) is 42.5 Å². The third-order valence-corrected chi connectivity index (χ3v) is 3.21. The summed E-state index contributed by atoms with van der Waals surface area (Å²) >= 11 is 11.9. The highest BCUT2D eigenvalue weighted by atomic mass is 35.5. The van der Waals surface area contributed by atoms with Gasteiger partial charge in [-0.25, -0.2) is 0 Å². The zero-order valence-electron chi connectivity index (χ0n) is 9.32. The maximum Gasteiger partial charge on any atom is 0.105 e. The predicted octanol–water partition coefficient (Wildman–Crippen LogP) is 4.38. The van der Waals surface area contributed by atoms with Gasteiger partial charge in [0.1, 0.15) is 6.10 Å². The number of hydrogen-bond donors (Lipinski definition) is 1. The predicted molar refractivity (Wildman–Crippen MR) is 71.7 cm³/mol. The molecular formula is C14H12Cl2O. The molecular weight excluding hydrogens is 255 g/mol. The molecule has 0 bridgehead atoms. The molecule has 17 heavy (non-hydrogen) atoms. The molecule has 0 aliphatic heterocycles. The first-order chi connectivity index (χ1) is 8.08. The van der Waals surface area contributed by atoms with Crippen molar-refractivity contribution in [2.45, 2.75) is 13.0 Å². The number of aliphatic hydroxyl groups excluding tert-OH is 1. The number of hydrogen-bond acceptors (Lipinski definition) is 1. The summed E-state index contributed by atoms with van der Waals surface area (Å²) in [6.45, 7) is 2.01. The average Bonchev–Trinajstić information content (AvgIpc) is 2.29. The van der Waals surface area contributed by atoms with Crippen LogP contribution in [-0.2, 0) is 0 Å². The molecule has 1 N–H and O–H groups in total. The van der Waals surface area contributed by atoms with Gasteiger partial charge in [0.05, 0.1) is 0 Å². The third kappa shape index (κ3) is 2.81. The van der Waals surface area contributed by atoms with Crippen molar-refractivity contribution in [1.82, 2.24) is 0 Å². The van der Waals surface area contributed by atoms with Gasteiger partial charge in [0.2, 0.25) is 0 Å². The first-order valence-corrected chi connectivity index (χ1v) is 6.03. The molecule has 0 amide bonds. The van der Waals surface area contributed by atoms with Gasteiger partial charge in [0.15, 0.2) is 0 Å². The Hall–Kier alpha value is -1.02. The third-order valence-electron chi connectivity index (χ3n) is 2.65. The van der Waals surface area contributed by atoms with E-state index >= 15 is 0 Å². The number of halogens is 2. The summed E-state index contributed by atoms with van der Waals surface area (Å²) in [5.41, 5.74) is 2.64. The molecule has 1 unspecified atom stereocenters. The molecule has 2 aromatic carbocycles. The van der Waals surface area contributed by atoms with Gasteiger partial charge in [-0.1, -0.05) is 59.1 Å². The van der Waals surface area contributed by atoms with Crippen molar-refractivity contribution < 1.29 is 5.11 Å². The van der Waals surface area contributed by atoms with Crippen LogP contribution in [0.5, 0.6) is 0 Å². The number of aryl methyl sites for hydroxylation is 1. The van der Waals surface area contributed by atoms with E-state index in [1.807, 2.05) is 31.2 Å². The maximum atomic E-state index is 10.2. The Morgan fingerprint density at radius 3 is 2.24 bits per heavy atom. The van der Waals surface area contributed by atoms with Crippen molar-refractivity contribution >= 4 is 23.2 Å². The summed E-state index contributed by atoms with van der Waals surface area (Å²) in [5.74, 6) is 0. The first kappa shape index (κ1) is 12.4. The van der Waals surface area contributed by atoms with Crippen molar-refractivity contribution in [3.8, 4) is 0 Å². The van der Waals surface area contributed by atoms with Crippen molar-refractivity contribution in [3.63, 3.8) is 0 Å². The van der Waals surface area contributed by atoms with Crippen LogP contribution in [0.3, 0.4) is 0 Å². The average molecular weight is 267 g/mol. The molecule has 88 valence electrons. The Bertz CT molecular complexity index is 520. The Balaban J connectivity index is 2.36. The molecule has 0 aliphatic carbocycles.